The van der Waals surface area contributed by atoms with Gasteiger partial charge in [0.25, 0.3) is 5.56 Å². The number of fused-ring (bicyclic) bond motifs is 1. The molecule has 0 bridgehead atoms. The molecule has 0 radical (unpaired) electrons. The first-order valence-electron chi connectivity index (χ1n) is 8.16. The summed E-state index contributed by atoms with van der Waals surface area (Å²) in [6.45, 7) is 0. The normalized spacial score (nSPS) is 11.5. The van der Waals surface area contributed by atoms with E-state index in [9.17, 15) is 18.0 Å². The lowest BCUT2D eigenvalue weighted by Gasteiger charge is -2.11. The molecule has 3 heterocycles. The summed E-state index contributed by atoms with van der Waals surface area (Å²) < 4.78 is 38.6. The summed E-state index contributed by atoms with van der Waals surface area (Å²) in [7, 11) is 0. The molecule has 0 atom stereocenters. The lowest BCUT2D eigenvalue weighted by atomic mass is 10.1. The van der Waals surface area contributed by atoms with Crippen LogP contribution < -0.4 is 10.9 Å². The Bertz CT molecular complexity index is 1210. The lowest BCUT2D eigenvalue weighted by molar-refractivity contribution is -0.137. The number of nitrogens with one attached hydrogen (secondary N) is 2. The highest BCUT2D eigenvalue weighted by molar-refractivity contribution is 5.91. The van der Waals surface area contributed by atoms with Crippen molar-refractivity contribution in [2.24, 2.45) is 0 Å². The number of halogens is 3. The van der Waals surface area contributed by atoms with Crippen molar-refractivity contribution >= 4 is 22.7 Å². The van der Waals surface area contributed by atoms with Crippen molar-refractivity contribution in [2.75, 3.05) is 5.32 Å². The van der Waals surface area contributed by atoms with E-state index in [1.54, 1.807) is 30.5 Å². The molecule has 0 saturated carbocycles. The summed E-state index contributed by atoms with van der Waals surface area (Å²) >= 11 is 0. The highest BCUT2D eigenvalue weighted by atomic mass is 19.4. The van der Waals surface area contributed by atoms with E-state index in [-0.39, 0.29) is 22.7 Å². The van der Waals surface area contributed by atoms with E-state index in [2.05, 4.69) is 25.3 Å². The van der Waals surface area contributed by atoms with Crippen LogP contribution in [0.2, 0.25) is 0 Å². The third-order valence-corrected chi connectivity index (χ3v) is 4.00. The fraction of sp³-hybridized carbons (Fsp3) is 0.0526. The number of anilines is 2. The van der Waals surface area contributed by atoms with Gasteiger partial charge in [-0.1, -0.05) is 12.1 Å². The van der Waals surface area contributed by atoms with Gasteiger partial charge in [0.1, 0.15) is 0 Å². The van der Waals surface area contributed by atoms with Crippen LogP contribution in [0.1, 0.15) is 5.56 Å². The molecule has 3 aromatic heterocycles. The third-order valence-electron chi connectivity index (χ3n) is 4.00. The van der Waals surface area contributed by atoms with Crippen molar-refractivity contribution in [3.8, 4) is 11.3 Å². The average molecular weight is 383 g/mol. The van der Waals surface area contributed by atoms with E-state index in [1.165, 1.54) is 18.3 Å². The van der Waals surface area contributed by atoms with Crippen molar-refractivity contribution < 1.29 is 13.2 Å². The van der Waals surface area contributed by atoms with E-state index >= 15 is 0 Å². The standard InChI is InChI=1S/C19H12F3N5O/c20-19(21,22)11-4-3-5-12(10-11)25-18-26-16-15(17(28)27-18)13(7-9-24-16)14-6-1-2-8-23-14/h1-10H,(H2,24,25,26,27,28). The van der Waals surface area contributed by atoms with Gasteiger partial charge in [-0.15, -0.1) is 0 Å². The first-order valence-corrected chi connectivity index (χ1v) is 8.16. The first kappa shape index (κ1) is 17.7. The number of aromatic nitrogens is 4. The molecule has 4 rings (SSSR count). The maximum absolute atomic E-state index is 12.9. The lowest BCUT2D eigenvalue weighted by Crippen LogP contribution is -2.13. The molecular formula is C19H12F3N5O. The van der Waals surface area contributed by atoms with Crippen molar-refractivity contribution in [3.63, 3.8) is 0 Å². The predicted molar refractivity (Wildman–Crippen MR) is 98.1 cm³/mol. The second-order valence-corrected chi connectivity index (χ2v) is 5.89. The largest absolute Gasteiger partial charge is 0.416 e. The minimum atomic E-state index is -4.47. The third kappa shape index (κ3) is 3.41. The highest BCUT2D eigenvalue weighted by Gasteiger charge is 2.30. The zero-order valence-corrected chi connectivity index (χ0v) is 14.2. The van der Waals surface area contributed by atoms with Gasteiger partial charge < -0.3 is 5.32 Å². The monoisotopic (exact) mass is 383 g/mol. The van der Waals surface area contributed by atoms with Crippen LogP contribution in [-0.2, 0) is 6.18 Å². The summed E-state index contributed by atoms with van der Waals surface area (Å²) in [5.41, 5.74) is 0.148. The summed E-state index contributed by atoms with van der Waals surface area (Å²) in [4.78, 5) is 27.7. The van der Waals surface area contributed by atoms with Crippen LogP contribution in [0.15, 0.2) is 65.7 Å². The minimum Gasteiger partial charge on any atom is -0.326 e. The molecule has 9 heteroatoms. The Morgan fingerprint density at radius 1 is 0.964 bits per heavy atom. The molecule has 0 aliphatic rings. The van der Waals surface area contributed by atoms with Gasteiger partial charge in [0.05, 0.1) is 16.6 Å². The highest BCUT2D eigenvalue weighted by Crippen LogP contribution is 2.31. The smallest absolute Gasteiger partial charge is 0.326 e. The summed E-state index contributed by atoms with van der Waals surface area (Å²) in [6.07, 6.45) is -1.37. The van der Waals surface area contributed by atoms with Gasteiger partial charge in [-0.25, -0.2) is 4.98 Å². The van der Waals surface area contributed by atoms with Gasteiger partial charge in [-0.2, -0.15) is 18.2 Å². The van der Waals surface area contributed by atoms with Crippen LogP contribution in [-0.4, -0.2) is 19.9 Å². The number of hydrogen-bond acceptors (Lipinski definition) is 5. The van der Waals surface area contributed by atoms with Gasteiger partial charge in [-0.05, 0) is 36.4 Å². The zero-order valence-electron chi connectivity index (χ0n) is 14.2. The Balaban J connectivity index is 1.76. The summed E-state index contributed by atoms with van der Waals surface area (Å²) in [5.74, 6) is -0.0116. The molecular weight excluding hydrogens is 371 g/mol. The molecule has 0 unspecified atom stereocenters. The number of rotatable bonds is 3. The predicted octanol–water partition coefficient (Wildman–Crippen LogP) is 4.14. The molecule has 0 aliphatic heterocycles. The molecule has 0 aliphatic carbocycles. The van der Waals surface area contributed by atoms with Gasteiger partial charge in [0, 0.05) is 23.6 Å². The van der Waals surface area contributed by atoms with Crippen LogP contribution in [0.4, 0.5) is 24.8 Å². The molecule has 28 heavy (non-hydrogen) atoms. The number of alkyl halides is 3. The van der Waals surface area contributed by atoms with Crippen LogP contribution in [0, 0.1) is 0 Å². The van der Waals surface area contributed by atoms with Crippen molar-refractivity contribution in [1.29, 1.82) is 0 Å². The summed E-state index contributed by atoms with van der Waals surface area (Å²) in [6, 6.07) is 11.6. The van der Waals surface area contributed by atoms with Crippen LogP contribution in [0.5, 0.6) is 0 Å². The molecule has 0 spiro atoms. The molecule has 4 aromatic rings. The topological polar surface area (TPSA) is 83.6 Å². The van der Waals surface area contributed by atoms with Crippen molar-refractivity contribution in [2.45, 2.75) is 6.18 Å². The van der Waals surface area contributed by atoms with Crippen LogP contribution in [0.3, 0.4) is 0 Å². The average Bonchev–Trinajstić information content (AvgIpc) is 2.68. The fourth-order valence-corrected chi connectivity index (χ4v) is 2.77. The van der Waals surface area contributed by atoms with E-state index < -0.39 is 17.3 Å². The van der Waals surface area contributed by atoms with Crippen LogP contribution >= 0.6 is 0 Å². The van der Waals surface area contributed by atoms with E-state index in [0.717, 1.165) is 12.1 Å². The Labute approximate surface area is 156 Å². The van der Waals surface area contributed by atoms with E-state index in [4.69, 9.17) is 0 Å². The second-order valence-electron chi connectivity index (χ2n) is 5.89. The number of benzene rings is 1. The maximum atomic E-state index is 12.9. The van der Waals surface area contributed by atoms with Crippen molar-refractivity contribution in [3.05, 3.63) is 76.8 Å². The Morgan fingerprint density at radius 3 is 2.57 bits per heavy atom. The van der Waals surface area contributed by atoms with Gasteiger partial charge >= 0.3 is 6.18 Å². The van der Waals surface area contributed by atoms with E-state index in [1.807, 2.05) is 0 Å². The van der Waals surface area contributed by atoms with E-state index in [0.29, 0.717) is 11.3 Å². The zero-order chi connectivity index (χ0) is 19.7. The second kappa shape index (κ2) is 6.76. The summed E-state index contributed by atoms with van der Waals surface area (Å²) in [5, 5.41) is 2.93. The first-order chi connectivity index (χ1) is 13.4. The molecule has 0 saturated heterocycles. The molecule has 0 amide bonds. The molecule has 1 aromatic carbocycles. The molecule has 140 valence electrons. The van der Waals surface area contributed by atoms with Gasteiger partial charge in [0.2, 0.25) is 5.95 Å². The van der Waals surface area contributed by atoms with Crippen LogP contribution in [0.25, 0.3) is 22.3 Å². The number of H-pyrrole nitrogens is 1. The number of pyridine rings is 2. The Hall–Kier alpha value is -3.75. The Kier molecular flexibility index (Phi) is 4.26. The number of hydrogen-bond donors (Lipinski definition) is 2. The molecule has 2 N–H and O–H groups in total. The molecule has 0 fully saturated rings. The number of nitrogens with zero attached hydrogens (tertiary/aromatic N) is 3. The van der Waals surface area contributed by atoms with Gasteiger partial charge in [-0.3, -0.25) is 14.8 Å². The number of aromatic amines is 1. The quantitative estimate of drug-likeness (QED) is 0.556. The Morgan fingerprint density at radius 2 is 1.82 bits per heavy atom. The minimum absolute atomic E-state index is 0.0116. The fourth-order valence-electron chi connectivity index (χ4n) is 2.77. The maximum Gasteiger partial charge on any atom is 0.416 e. The SMILES string of the molecule is O=c1[nH]c(Nc2cccc(C(F)(F)F)c2)nc2nccc(-c3ccccn3)c12. The van der Waals surface area contributed by atoms with Gasteiger partial charge in [0.15, 0.2) is 5.65 Å². The van der Waals surface area contributed by atoms with Crippen molar-refractivity contribution in [1.82, 2.24) is 19.9 Å². The molecule has 6 nitrogen and oxygen atoms in total.